The van der Waals surface area contributed by atoms with Crippen LogP contribution in [0.4, 0.5) is 0 Å². The van der Waals surface area contributed by atoms with Crippen LogP contribution >= 0.6 is 0 Å². The zero-order valence-corrected chi connectivity index (χ0v) is 23.8. The van der Waals surface area contributed by atoms with Crippen LogP contribution in [0.3, 0.4) is 0 Å². The second-order valence-electron chi connectivity index (χ2n) is 12.3. The summed E-state index contributed by atoms with van der Waals surface area (Å²) >= 11 is 0. The monoisotopic (exact) mass is 497 g/mol. The molecule has 0 radical (unpaired) electrons. The highest BCUT2D eigenvalue weighted by atomic mass is 28.4. The summed E-state index contributed by atoms with van der Waals surface area (Å²) in [5.74, 6) is 2.21. The fourth-order valence-corrected chi connectivity index (χ4v) is 6.90. The van der Waals surface area contributed by atoms with Gasteiger partial charge < -0.3 is 14.7 Å². The van der Waals surface area contributed by atoms with E-state index in [0.717, 1.165) is 44.1 Å². The highest BCUT2D eigenvalue weighted by molar-refractivity contribution is 6.74. The lowest BCUT2D eigenvalue weighted by Gasteiger charge is -2.40. The van der Waals surface area contributed by atoms with Gasteiger partial charge in [0.25, 0.3) is 0 Å². The maximum Gasteiger partial charge on any atom is 0.191 e. The Labute approximate surface area is 213 Å². The molecule has 3 atom stereocenters. The van der Waals surface area contributed by atoms with Gasteiger partial charge in [0.1, 0.15) is 11.6 Å². The fraction of sp³-hybridized carbons (Fsp3) is 0.714. The molecule has 1 aromatic heterocycles. The number of piperidine rings is 1. The summed E-state index contributed by atoms with van der Waals surface area (Å²) in [6.07, 6.45) is 7.97. The third kappa shape index (κ3) is 6.07. The number of rotatable bonds is 10. The van der Waals surface area contributed by atoms with E-state index in [9.17, 15) is 0 Å². The third-order valence-electron chi connectivity index (χ3n) is 8.90. The summed E-state index contributed by atoms with van der Waals surface area (Å²) in [6.45, 7) is 15.6. The molecule has 2 fully saturated rings. The normalized spacial score (nSPS) is 24.1. The molecule has 0 spiro atoms. The summed E-state index contributed by atoms with van der Waals surface area (Å²) in [7, 11) is -1.70. The van der Waals surface area contributed by atoms with E-state index in [2.05, 4.69) is 90.8 Å². The van der Waals surface area contributed by atoms with Gasteiger partial charge >= 0.3 is 0 Å². The Balaban J connectivity index is 1.32. The van der Waals surface area contributed by atoms with E-state index in [4.69, 9.17) is 10.2 Å². The van der Waals surface area contributed by atoms with Crippen LogP contribution in [0.2, 0.25) is 18.1 Å². The largest absolute Gasteiger partial charge is 0.417 e. The molecule has 2 bridgehead atoms. The standard InChI is InChI=1S/C28H47N5OSi/c1-21-30-31-27(13-10-18-34-35(5,6)28(2,3)4)33(21)25-19-23-14-15-24(20-25)32(23)17-16-26(29)22-11-8-7-9-12-22/h7-9,11-12,23-26H,10,13-20,29H2,1-6H3/t23?,24?,25?,26-/m0/s1. The van der Waals surface area contributed by atoms with Gasteiger partial charge in [-0.25, -0.2) is 0 Å². The van der Waals surface area contributed by atoms with Crippen LogP contribution in [-0.2, 0) is 10.8 Å². The number of hydrogen-bond acceptors (Lipinski definition) is 5. The molecule has 2 N–H and O–H groups in total. The highest BCUT2D eigenvalue weighted by Crippen LogP contribution is 2.42. The SMILES string of the molecule is Cc1nnc(CCCO[Si](C)(C)C(C)(C)C)n1C1CC2CCC(C1)N2CC[C@H](N)c1ccccc1. The van der Waals surface area contributed by atoms with Crippen molar-refractivity contribution >= 4 is 8.32 Å². The predicted octanol–water partition coefficient (Wildman–Crippen LogP) is 5.80. The number of hydrogen-bond donors (Lipinski definition) is 1. The average Bonchev–Trinajstić information content (AvgIpc) is 3.29. The number of nitrogens with zero attached hydrogens (tertiary/aromatic N) is 4. The van der Waals surface area contributed by atoms with Crippen molar-refractivity contribution < 1.29 is 4.43 Å². The van der Waals surface area contributed by atoms with Gasteiger partial charge in [0.05, 0.1) is 0 Å². The second kappa shape index (κ2) is 10.8. The molecule has 2 aromatic rings. The zero-order chi connectivity index (χ0) is 25.2. The van der Waals surface area contributed by atoms with Crippen molar-refractivity contribution in [3.63, 3.8) is 0 Å². The van der Waals surface area contributed by atoms with Crippen LogP contribution in [-0.4, -0.2) is 53.2 Å². The first kappa shape index (κ1) is 26.5. The Kier molecular flexibility index (Phi) is 8.21. The quantitative estimate of drug-likeness (QED) is 0.332. The molecular formula is C28H47N5OSi. The van der Waals surface area contributed by atoms with Gasteiger partial charge in [0, 0.05) is 43.7 Å². The Hall–Kier alpha value is -1.54. The molecule has 194 valence electrons. The summed E-state index contributed by atoms with van der Waals surface area (Å²) in [4.78, 5) is 2.76. The lowest BCUT2D eigenvalue weighted by atomic mass is 9.95. The van der Waals surface area contributed by atoms with E-state index in [1.54, 1.807) is 0 Å². The van der Waals surface area contributed by atoms with E-state index in [0.29, 0.717) is 18.1 Å². The van der Waals surface area contributed by atoms with Gasteiger partial charge in [-0.05, 0) is 69.1 Å². The number of benzene rings is 1. The first-order valence-electron chi connectivity index (χ1n) is 13.7. The van der Waals surface area contributed by atoms with Crippen LogP contribution < -0.4 is 5.73 Å². The summed E-state index contributed by atoms with van der Waals surface area (Å²) in [5.41, 5.74) is 7.77. The molecular weight excluding hydrogens is 450 g/mol. The van der Waals surface area contributed by atoms with Gasteiger partial charge in [-0.3, -0.25) is 4.90 Å². The lowest BCUT2D eigenvalue weighted by Crippen LogP contribution is -2.44. The van der Waals surface area contributed by atoms with Gasteiger partial charge in [0.2, 0.25) is 0 Å². The van der Waals surface area contributed by atoms with E-state index in [-0.39, 0.29) is 11.1 Å². The number of aromatic nitrogens is 3. The van der Waals surface area contributed by atoms with Crippen LogP contribution in [0.25, 0.3) is 0 Å². The smallest absolute Gasteiger partial charge is 0.191 e. The summed E-state index contributed by atoms with van der Waals surface area (Å²) in [6, 6.07) is 12.5. The van der Waals surface area contributed by atoms with Gasteiger partial charge in [-0.15, -0.1) is 10.2 Å². The summed E-state index contributed by atoms with van der Waals surface area (Å²) in [5, 5.41) is 9.34. The molecule has 0 amide bonds. The average molecular weight is 498 g/mol. The van der Waals surface area contributed by atoms with Crippen molar-refractivity contribution in [1.82, 2.24) is 19.7 Å². The van der Waals surface area contributed by atoms with Crippen molar-refractivity contribution in [2.75, 3.05) is 13.2 Å². The van der Waals surface area contributed by atoms with Crippen molar-refractivity contribution in [1.29, 1.82) is 0 Å². The molecule has 4 rings (SSSR count). The van der Waals surface area contributed by atoms with Gasteiger partial charge in [-0.1, -0.05) is 51.1 Å². The highest BCUT2D eigenvalue weighted by Gasteiger charge is 2.42. The minimum Gasteiger partial charge on any atom is -0.417 e. The fourth-order valence-electron chi connectivity index (χ4n) is 5.81. The van der Waals surface area contributed by atoms with Crippen LogP contribution in [0.5, 0.6) is 0 Å². The van der Waals surface area contributed by atoms with Crippen molar-refractivity contribution in [2.45, 2.75) is 115 Å². The third-order valence-corrected chi connectivity index (χ3v) is 13.4. The molecule has 0 saturated carbocycles. The minimum atomic E-state index is -1.70. The van der Waals surface area contributed by atoms with Gasteiger partial charge in [-0.2, -0.15) is 0 Å². The maximum absolute atomic E-state index is 6.52. The number of aryl methyl sites for hydroxylation is 2. The Morgan fingerprint density at radius 2 is 1.71 bits per heavy atom. The molecule has 2 aliphatic heterocycles. The first-order valence-corrected chi connectivity index (χ1v) is 16.6. The molecule has 1 aromatic carbocycles. The van der Waals surface area contributed by atoms with Crippen molar-refractivity contribution in [2.24, 2.45) is 5.73 Å². The Morgan fingerprint density at radius 3 is 2.34 bits per heavy atom. The Morgan fingerprint density at radius 1 is 1.06 bits per heavy atom. The number of nitrogens with two attached hydrogens (primary N) is 1. The lowest BCUT2D eigenvalue weighted by molar-refractivity contribution is 0.101. The predicted molar refractivity (Wildman–Crippen MR) is 146 cm³/mol. The van der Waals surface area contributed by atoms with E-state index in [1.165, 1.54) is 31.2 Å². The maximum atomic E-state index is 6.52. The topological polar surface area (TPSA) is 69.2 Å². The Bertz CT molecular complexity index is 940. The molecule has 2 saturated heterocycles. The molecule has 2 aliphatic rings. The van der Waals surface area contributed by atoms with E-state index < -0.39 is 8.32 Å². The van der Waals surface area contributed by atoms with E-state index in [1.807, 2.05) is 0 Å². The molecule has 0 aliphatic carbocycles. The molecule has 7 heteroatoms. The molecule has 6 nitrogen and oxygen atoms in total. The van der Waals surface area contributed by atoms with Crippen LogP contribution in [0.15, 0.2) is 30.3 Å². The van der Waals surface area contributed by atoms with Crippen LogP contribution in [0.1, 0.15) is 88.6 Å². The molecule has 2 unspecified atom stereocenters. The van der Waals surface area contributed by atoms with E-state index >= 15 is 0 Å². The first-order chi connectivity index (χ1) is 16.6. The van der Waals surface area contributed by atoms with Crippen LogP contribution in [0, 0.1) is 6.92 Å². The van der Waals surface area contributed by atoms with Crippen molar-refractivity contribution in [3.05, 3.63) is 47.5 Å². The van der Waals surface area contributed by atoms with Gasteiger partial charge in [0.15, 0.2) is 8.32 Å². The zero-order valence-electron chi connectivity index (χ0n) is 22.8. The van der Waals surface area contributed by atoms with Crippen molar-refractivity contribution in [3.8, 4) is 0 Å². The molecule has 35 heavy (non-hydrogen) atoms. The summed E-state index contributed by atoms with van der Waals surface area (Å²) < 4.78 is 8.87. The molecule has 3 heterocycles. The number of fused-ring (bicyclic) bond motifs is 2. The second-order valence-corrected chi connectivity index (χ2v) is 17.1. The minimum absolute atomic E-state index is 0.119.